The van der Waals surface area contributed by atoms with Crippen molar-refractivity contribution >= 4 is 5.91 Å². The van der Waals surface area contributed by atoms with Gasteiger partial charge in [-0.15, -0.1) is 0 Å². The third-order valence-corrected chi connectivity index (χ3v) is 2.18. The van der Waals surface area contributed by atoms with E-state index in [1.807, 2.05) is 13.8 Å². The number of rotatable bonds is 5. The predicted molar refractivity (Wildman–Crippen MR) is 62.0 cm³/mol. The summed E-state index contributed by atoms with van der Waals surface area (Å²) in [6, 6.07) is 3.29. The molecule has 1 aromatic rings. The molecule has 0 aromatic carbocycles. The number of hydrogen-bond donors (Lipinski definition) is 2. The third-order valence-electron chi connectivity index (χ3n) is 2.18. The van der Waals surface area contributed by atoms with E-state index in [9.17, 15) is 9.90 Å². The van der Waals surface area contributed by atoms with Crippen LogP contribution in [0, 0.1) is 5.92 Å². The molecule has 0 fully saturated rings. The minimum atomic E-state index is -0.481. The number of aliphatic hydroxyl groups excluding tert-OH is 1. The van der Waals surface area contributed by atoms with E-state index in [-0.39, 0.29) is 5.91 Å². The number of nitrogens with one attached hydrogen (secondary N) is 1. The second-order valence-electron chi connectivity index (χ2n) is 4.23. The number of aliphatic hydroxyl groups is 1. The second-order valence-corrected chi connectivity index (χ2v) is 4.23. The van der Waals surface area contributed by atoms with Crippen molar-refractivity contribution < 1.29 is 9.90 Å². The Kier molecular flexibility index (Phi) is 4.92. The zero-order valence-electron chi connectivity index (χ0n) is 9.68. The van der Waals surface area contributed by atoms with Crippen molar-refractivity contribution in [1.82, 2.24) is 10.3 Å². The van der Waals surface area contributed by atoms with Crippen LogP contribution < -0.4 is 5.32 Å². The molecular weight excluding hydrogens is 204 g/mol. The monoisotopic (exact) mass is 222 g/mol. The number of carbonyl (C=O) groups is 1. The summed E-state index contributed by atoms with van der Waals surface area (Å²) >= 11 is 0. The standard InChI is InChI=1S/C12H18N2O2/c1-9(2)7-11(15)8-14-12(16)10-3-5-13-6-4-10/h3-6,9,11,15H,7-8H2,1-2H3,(H,14,16). The van der Waals surface area contributed by atoms with Gasteiger partial charge in [0, 0.05) is 24.5 Å². The Hall–Kier alpha value is -1.42. The average molecular weight is 222 g/mol. The normalized spacial score (nSPS) is 12.5. The second kappa shape index (κ2) is 6.23. The molecule has 1 rings (SSSR count). The summed E-state index contributed by atoms with van der Waals surface area (Å²) in [4.78, 5) is 15.4. The fourth-order valence-corrected chi connectivity index (χ4v) is 1.44. The Morgan fingerprint density at radius 3 is 2.62 bits per heavy atom. The van der Waals surface area contributed by atoms with E-state index in [0.717, 1.165) is 0 Å². The quantitative estimate of drug-likeness (QED) is 0.787. The molecule has 0 bridgehead atoms. The van der Waals surface area contributed by atoms with Gasteiger partial charge in [0.05, 0.1) is 6.10 Å². The van der Waals surface area contributed by atoms with E-state index < -0.39 is 6.10 Å². The van der Waals surface area contributed by atoms with Gasteiger partial charge in [-0.2, -0.15) is 0 Å². The third kappa shape index (κ3) is 4.40. The van der Waals surface area contributed by atoms with E-state index in [1.165, 1.54) is 0 Å². The first-order valence-electron chi connectivity index (χ1n) is 5.46. The minimum Gasteiger partial charge on any atom is -0.391 e. The van der Waals surface area contributed by atoms with Crippen LogP contribution in [0.5, 0.6) is 0 Å². The highest BCUT2D eigenvalue weighted by Gasteiger charge is 2.09. The first kappa shape index (κ1) is 12.6. The summed E-state index contributed by atoms with van der Waals surface area (Å²) < 4.78 is 0. The summed E-state index contributed by atoms with van der Waals surface area (Å²) in [6.45, 7) is 4.36. The highest BCUT2D eigenvalue weighted by molar-refractivity contribution is 5.93. The van der Waals surface area contributed by atoms with Gasteiger partial charge in [0.25, 0.3) is 5.91 Å². The van der Waals surface area contributed by atoms with Crippen LogP contribution in [0.15, 0.2) is 24.5 Å². The molecule has 1 heterocycles. The minimum absolute atomic E-state index is 0.176. The van der Waals surface area contributed by atoms with Crippen LogP contribution in [-0.4, -0.2) is 28.6 Å². The molecule has 0 saturated heterocycles. The first-order chi connectivity index (χ1) is 7.59. The van der Waals surface area contributed by atoms with Crippen LogP contribution in [0.25, 0.3) is 0 Å². The van der Waals surface area contributed by atoms with Gasteiger partial charge in [-0.05, 0) is 24.5 Å². The van der Waals surface area contributed by atoms with Crippen LogP contribution in [0.4, 0.5) is 0 Å². The van der Waals surface area contributed by atoms with E-state index in [4.69, 9.17) is 0 Å². The van der Waals surface area contributed by atoms with Crippen molar-refractivity contribution in [1.29, 1.82) is 0 Å². The van der Waals surface area contributed by atoms with Crippen molar-refractivity contribution in [3.05, 3.63) is 30.1 Å². The Labute approximate surface area is 95.7 Å². The topological polar surface area (TPSA) is 62.2 Å². The molecule has 88 valence electrons. The lowest BCUT2D eigenvalue weighted by Crippen LogP contribution is -2.32. The zero-order chi connectivity index (χ0) is 12.0. The Morgan fingerprint density at radius 1 is 1.44 bits per heavy atom. The molecule has 1 unspecified atom stereocenters. The van der Waals surface area contributed by atoms with Gasteiger partial charge >= 0.3 is 0 Å². The van der Waals surface area contributed by atoms with E-state index in [0.29, 0.717) is 24.4 Å². The highest BCUT2D eigenvalue weighted by atomic mass is 16.3. The largest absolute Gasteiger partial charge is 0.391 e. The van der Waals surface area contributed by atoms with Gasteiger partial charge in [0.1, 0.15) is 0 Å². The molecule has 1 aromatic heterocycles. The van der Waals surface area contributed by atoms with Gasteiger partial charge in [-0.25, -0.2) is 0 Å². The first-order valence-corrected chi connectivity index (χ1v) is 5.46. The van der Waals surface area contributed by atoms with E-state index >= 15 is 0 Å². The maximum atomic E-state index is 11.6. The van der Waals surface area contributed by atoms with Gasteiger partial charge in [0.2, 0.25) is 0 Å². The van der Waals surface area contributed by atoms with Crippen LogP contribution in [0.2, 0.25) is 0 Å². The fraction of sp³-hybridized carbons (Fsp3) is 0.500. The van der Waals surface area contributed by atoms with Crippen molar-refractivity contribution in [2.24, 2.45) is 5.92 Å². The van der Waals surface area contributed by atoms with E-state index in [2.05, 4.69) is 10.3 Å². The Bertz CT molecular complexity index is 325. The van der Waals surface area contributed by atoms with Crippen molar-refractivity contribution in [2.75, 3.05) is 6.54 Å². The summed E-state index contributed by atoms with van der Waals surface area (Å²) in [7, 11) is 0. The molecule has 4 heteroatoms. The summed E-state index contributed by atoms with van der Waals surface area (Å²) in [5.74, 6) is 0.248. The smallest absolute Gasteiger partial charge is 0.251 e. The highest BCUT2D eigenvalue weighted by Crippen LogP contribution is 2.03. The van der Waals surface area contributed by atoms with Gasteiger partial charge in [-0.1, -0.05) is 13.8 Å². The van der Waals surface area contributed by atoms with Gasteiger partial charge in [0.15, 0.2) is 0 Å². The molecule has 1 amide bonds. The van der Waals surface area contributed by atoms with Crippen molar-refractivity contribution in [2.45, 2.75) is 26.4 Å². The molecule has 0 saturated carbocycles. The molecule has 0 aliphatic heterocycles. The maximum absolute atomic E-state index is 11.6. The molecule has 0 aliphatic carbocycles. The number of amides is 1. The molecule has 2 N–H and O–H groups in total. The summed E-state index contributed by atoms with van der Waals surface area (Å²) in [5.41, 5.74) is 0.562. The molecule has 0 aliphatic rings. The Balaban J connectivity index is 2.36. The molecule has 4 nitrogen and oxygen atoms in total. The fourth-order valence-electron chi connectivity index (χ4n) is 1.44. The SMILES string of the molecule is CC(C)CC(O)CNC(=O)c1ccncc1. The predicted octanol–water partition coefficient (Wildman–Crippen LogP) is 1.22. The molecule has 0 radical (unpaired) electrons. The van der Waals surface area contributed by atoms with Gasteiger partial charge < -0.3 is 10.4 Å². The van der Waals surface area contributed by atoms with Crippen molar-refractivity contribution in [3.63, 3.8) is 0 Å². The Morgan fingerprint density at radius 2 is 2.06 bits per heavy atom. The lowest BCUT2D eigenvalue weighted by atomic mass is 10.1. The van der Waals surface area contributed by atoms with Crippen LogP contribution in [-0.2, 0) is 0 Å². The lowest BCUT2D eigenvalue weighted by Gasteiger charge is -2.13. The van der Waals surface area contributed by atoms with Crippen LogP contribution >= 0.6 is 0 Å². The number of aromatic nitrogens is 1. The molecular formula is C12H18N2O2. The lowest BCUT2D eigenvalue weighted by molar-refractivity contribution is 0.0900. The number of pyridine rings is 1. The molecule has 0 spiro atoms. The molecule has 16 heavy (non-hydrogen) atoms. The van der Waals surface area contributed by atoms with Crippen LogP contribution in [0.1, 0.15) is 30.6 Å². The summed E-state index contributed by atoms with van der Waals surface area (Å²) in [6.07, 6.45) is 3.35. The van der Waals surface area contributed by atoms with Crippen LogP contribution in [0.3, 0.4) is 0 Å². The number of carbonyl (C=O) groups excluding carboxylic acids is 1. The van der Waals surface area contributed by atoms with E-state index in [1.54, 1.807) is 24.5 Å². The molecule has 1 atom stereocenters. The number of nitrogens with zero attached hydrogens (tertiary/aromatic N) is 1. The van der Waals surface area contributed by atoms with Gasteiger partial charge in [-0.3, -0.25) is 9.78 Å². The summed E-state index contributed by atoms with van der Waals surface area (Å²) in [5, 5.41) is 12.3. The zero-order valence-corrected chi connectivity index (χ0v) is 9.68. The maximum Gasteiger partial charge on any atom is 0.251 e. The number of hydrogen-bond acceptors (Lipinski definition) is 3. The average Bonchev–Trinajstić information content (AvgIpc) is 2.26. The van der Waals surface area contributed by atoms with Crippen molar-refractivity contribution in [3.8, 4) is 0 Å².